The highest BCUT2D eigenvalue weighted by Crippen LogP contribution is 2.36. The highest BCUT2D eigenvalue weighted by atomic mass is 35.5. The first-order chi connectivity index (χ1) is 6.99. The van der Waals surface area contributed by atoms with Crippen LogP contribution in [0.5, 0.6) is 5.75 Å². The van der Waals surface area contributed by atoms with E-state index < -0.39 is 22.9 Å². The molecular formula is C8H5Cl2F2NO2. The molecule has 0 aliphatic rings. The molecule has 0 saturated carbocycles. The molecule has 1 rings (SSSR count). The Morgan fingerprint density at radius 3 is 2.60 bits per heavy atom. The average Bonchev–Trinajstić information content (AvgIpc) is 2.16. The Hall–Kier alpha value is -0.940. The molecule has 3 nitrogen and oxygen atoms in total. The van der Waals surface area contributed by atoms with E-state index in [0.29, 0.717) is 0 Å². The minimum atomic E-state index is -2.95. The van der Waals surface area contributed by atoms with Gasteiger partial charge in [0.05, 0.1) is 23.9 Å². The molecule has 1 aromatic heterocycles. The second-order valence-corrected chi connectivity index (χ2v) is 3.20. The van der Waals surface area contributed by atoms with Crippen molar-refractivity contribution in [2.45, 2.75) is 6.43 Å². The second-order valence-electron chi connectivity index (χ2n) is 2.48. The van der Waals surface area contributed by atoms with Gasteiger partial charge in [0.25, 0.3) is 11.7 Å². The number of carbonyl (C=O) groups is 1. The zero-order valence-corrected chi connectivity index (χ0v) is 8.94. The molecule has 1 aromatic rings. The van der Waals surface area contributed by atoms with E-state index in [-0.39, 0.29) is 10.8 Å². The van der Waals surface area contributed by atoms with Gasteiger partial charge < -0.3 is 4.74 Å². The Morgan fingerprint density at radius 1 is 1.60 bits per heavy atom. The summed E-state index contributed by atoms with van der Waals surface area (Å²) >= 11 is 10.7. The predicted octanol–water partition coefficient (Wildman–Crippen LogP) is 3.06. The van der Waals surface area contributed by atoms with Crippen molar-refractivity contribution in [2.24, 2.45) is 0 Å². The summed E-state index contributed by atoms with van der Waals surface area (Å²) in [5.74, 6) is -0.0337. The fourth-order valence-electron chi connectivity index (χ4n) is 0.984. The summed E-state index contributed by atoms with van der Waals surface area (Å²) < 4.78 is 29.8. The van der Waals surface area contributed by atoms with Crippen LogP contribution in [0, 0.1) is 0 Å². The van der Waals surface area contributed by atoms with Crippen LogP contribution in [-0.4, -0.2) is 17.3 Å². The van der Waals surface area contributed by atoms with Crippen molar-refractivity contribution in [1.82, 2.24) is 4.98 Å². The number of aromatic nitrogens is 1. The lowest BCUT2D eigenvalue weighted by atomic mass is 10.2. The highest BCUT2D eigenvalue weighted by molar-refractivity contribution is 6.67. The molecule has 0 aromatic carbocycles. The molecule has 0 fully saturated rings. The molecule has 0 unspecified atom stereocenters. The Balaban J connectivity index is 3.44. The fourth-order valence-corrected chi connectivity index (χ4v) is 1.43. The minimum absolute atomic E-state index is 0.0337. The van der Waals surface area contributed by atoms with E-state index in [9.17, 15) is 13.6 Å². The predicted molar refractivity (Wildman–Crippen MR) is 50.9 cm³/mol. The van der Waals surface area contributed by atoms with Gasteiger partial charge in [-0.3, -0.25) is 4.79 Å². The van der Waals surface area contributed by atoms with Crippen LogP contribution in [0.25, 0.3) is 0 Å². The average molecular weight is 256 g/mol. The van der Waals surface area contributed by atoms with Gasteiger partial charge in [-0.25, -0.2) is 13.8 Å². The molecule has 7 heteroatoms. The smallest absolute Gasteiger partial charge is 0.271 e. The maximum absolute atomic E-state index is 12.6. The van der Waals surface area contributed by atoms with E-state index in [1.54, 1.807) is 0 Å². The molecule has 0 N–H and O–H groups in total. The van der Waals surface area contributed by atoms with Crippen molar-refractivity contribution < 1.29 is 18.3 Å². The van der Waals surface area contributed by atoms with Crippen molar-refractivity contribution in [1.29, 1.82) is 0 Å². The van der Waals surface area contributed by atoms with E-state index in [2.05, 4.69) is 9.72 Å². The largest absolute Gasteiger partial charge is 0.494 e. The summed E-state index contributed by atoms with van der Waals surface area (Å²) in [6, 6.07) is 0. The van der Waals surface area contributed by atoms with Gasteiger partial charge in [-0.15, -0.1) is 0 Å². The molecule has 82 valence electrons. The number of nitrogens with zero attached hydrogens (tertiary/aromatic N) is 1. The number of hydrogen-bond acceptors (Lipinski definition) is 3. The normalized spacial score (nSPS) is 10.5. The molecular weight excluding hydrogens is 251 g/mol. The van der Waals surface area contributed by atoms with E-state index in [1.165, 1.54) is 7.11 Å². The van der Waals surface area contributed by atoms with Gasteiger partial charge in [0, 0.05) is 0 Å². The summed E-state index contributed by atoms with van der Waals surface area (Å²) in [6.45, 7) is 0. The number of carbonyl (C=O) groups excluding carboxylic acids is 1. The van der Waals surface area contributed by atoms with Crippen LogP contribution in [0.2, 0.25) is 5.02 Å². The third-order valence-corrected chi connectivity index (χ3v) is 2.21. The number of ether oxygens (including phenoxy) is 1. The van der Waals surface area contributed by atoms with Crippen molar-refractivity contribution >= 4 is 28.4 Å². The van der Waals surface area contributed by atoms with Crippen molar-refractivity contribution in [3.63, 3.8) is 0 Å². The third kappa shape index (κ3) is 2.35. The molecule has 0 bridgehead atoms. The Labute approximate surface area is 94.0 Å². The quantitative estimate of drug-likeness (QED) is 0.780. The first-order valence-electron chi connectivity index (χ1n) is 3.69. The Morgan fingerprint density at radius 2 is 2.20 bits per heavy atom. The van der Waals surface area contributed by atoms with Crippen molar-refractivity contribution in [3.05, 3.63) is 22.5 Å². The topological polar surface area (TPSA) is 39.2 Å². The maximum atomic E-state index is 12.6. The fraction of sp³-hybridized carbons (Fsp3) is 0.250. The minimum Gasteiger partial charge on any atom is -0.494 e. The zero-order valence-electron chi connectivity index (χ0n) is 7.43. The summed E-state index contributed by atoms with van der Waals surface area (Å²) in [5.41, 5.74) is -1.27. The SMILES string of the molecule is COc1cnc(C(=O)Cl)c(C(F)F)c1Cl. The molecule has 0 aliphatic heterocycles. The van der Waals surface area contributed by atoms with Crippen LogP contribution in [0.4, 0.5) is 8.78 Å². The Bertz CT molecular complexity index is 398. The van der Waals surface area contributed by atoms with Crippen molar-refractivity contribution in [2.75, 3.05) is 7.11 Å². The first kappa shape index (κ1) is 12.1. The maximum Gasteiger partial charge on any atom is 0.271 e. The van der Waals surface area contributed by atoms with Crippen LogP contribution in [0.3, 0.4) is 0 Å². The number of halogens is 4. The van der Waals surface area contributed by atoms with Crippen LogP contribution in [0.15, 0.2) is 6.20 Å². The third-order valence-electron chi connectivity index (χ3n) is 1.64. The van der Waals surface area contributed by atoms with Gasteiger partial charge in [0.15, 0.2) is 5.75 Å². The van der Waals surface area contributed by atoms with Gasteiger partial charge in [-0.05, 0) is 11.6 Å². The zero-order chi connectivity index (χ0) is 11.6. The number of pyridine rings is 1. The van der Waals surface area contributed by atoms with Crippen LogP contribution < -0.4 is 4.74 Å². The van der Waals surface area contributed by atoms with Gasteiger partial charge in [0.1, 0.15) is 5.69 Å². The molecule has 0 aliphatic carbocycles. The standard InChI is InChI=1S/C8H5Cl2F2NO2/c1-15-3-2-13-6(7(10)14)4(5(3)9)8(11)12/h2,8H,1H3. The summed E-state index contributed by atoms with van der Waals surface area (Å²) in [5, 5.41) is -1.44. The van der Waals surface area contributed by atoms with Gasteiger partial charge in [-0.2, -0.15) is 0 Å². The number of alkyl halides is 2. The van der Waals surface area contributed by atoms with E-state index >= 15 is 0 Å². The summed E-state index contributed by atoms with van der Waals surface area (Å²) in [7, 11) is 1.25. The number of rotatable bonds is 3. The van der Waals surface area contributed by atoms with Crippen LogP contribution in [-0.2, 0) is 0 Å². The number of methoxy groups -OCH3 is 1. The molecule has 1 heterocycles. The first-order valence-corrected chi connectivity index (χ1v) is 4.45. The molecule has 0 saturated heterocycles. The molecule has 0 radical (unpaired) electrons. The second kappa shape index (κ2) is 4.72. The lowest BCUT2D eigenvalue weighted by Crippen LogP contribution is -2.04. The molecule has 0 amide bonds. The summed E-state index contributed by atoms with van der Waals surface area (Å²) in [6.07, 6.45) is -1.89. The van der Waals surface area contributed by atoms with E-state index in [0.717, 1.165) is 6.20 Å². The molecule has 0 atom stereocenters. The van der Waals surface area contributed by atoms with E-state index in [4.69, 9.17) is 23.2 Å². The Kier molecular flexibility index (Phi) is 3.82. The van der Waals surface area contributed by atoms with E-state index in [1.807, 2.05) is 0 Å². The molecule has 0 spiro atoms. The van der Waals surface area contributed by atoms with Gasteiger partial charge in [0.2, 0.25) is 0 Å². The van der Waals surface area contributed by atoms with Gasteiger partial charge in [-0.1, -0.05) is 11.6 Å². The lowest BCUT2D eigenvalue weighted by Gasteiger charge is -2.09. The van der Waals surface area contributed by atoms with Crippen LogP contribution in [0.1, 0.15) is 22.5 Å². The highest BCUT2D eigenvalue weighted by Gasteiger charge is 2.24. The monoisotopic (exact) mass is 255 g/mol. The number of hydrogen-bond donors (Lipinski definition) is 0. The van der Waals surface area contributed by atoms with Crippen molar-refractivity contribution in [3.8, 4) is 5.75 Å². The summed E-state index contributed by atoms with van der Waals surface area (Å²) in [4.78, 5) is 14.3. The lowest BCUT2D eigenvalue weighted by molar-refractivity contribution is 0.106. The van der Waals surface area contributed by atoms with Gasteiger partial charge >= 0.3 is 0 Å². The van der Waals surface area contributed by atoms with Crippen LogP contribution >= 0.6 is 23.2 Å². The molecule has 15 heavy (non-hydrogen) atoms.